The number of hydrogen-bond donors (Lipinski definition) is 1. The second-order valence-corrected chi connectivity index (χ2v) is 7.58. The van der Waals surface area contributed by atoms with Crippen molar-refractivity contribution in [1.82, 2.24) is 9.88 Å². The molecule has 8 heteroatoms. The van der Waals surface area contributed by atoms with Crippen molar-refractivity contribution in [2.45, 2.75) is 12.6 Å². The summed E-state index contributed by atoms with van der Waals surface area (Å²) in [5.41, 5.74) is 0.928. The first-order chi connectivity index (χ1) is 15.4. The summed E-state index contributed by atoms with van der Waals surface area (Å²) >= 11 is 6.02. The Bertz CT molecular complexity index is 1210. The maximum atomic E-state index is 14.0. The number of benzene rings is 2. The van der Waals surface area contributed by atoms with Gasteiger partial charge in [-0.05, 0) is 48.0 Å². The molecule has 1 amide bonds. The zero-order valence-corrected chi connectivity index (χ0v) is 17.7. The van der Waals surface area contributed by atoms with Crippen LogP contribution < -0.4 is 4.74 Å². The van der Waals surface area contributed by atoms with Gasteiger partial charge in [-0.15, -0.1) is 0 Å². The van der Waals surface area contributed by atoms with Crippen LogP contribution in [-0.4, -0.2) is 33.8 Å². The maximum absolute atomic E-state index is 14.0. The number of carbonyl (C=O) groups is 2. The molecule has 0 radical (unpaired) electrons. The van der Waals surface area contributed by atoms with Gasteiger partial charge in [0.15, 0.2) is 0 Å². The number of ether oxygens (including phenoxy) is 1. The number of Topliss-reactive ketones (excluding diaryl/α,β-unsaturated/α-hetero) is 1. The number of carbonyl (C=O) groups excluding carboxylic acids is 2. The second kappa shape index (κ2) is 8.80. The topological polar surface area (TPSA) is 79.7 Å². The van der Waals surface area contributed by atoms with E-state index >= 15 is 0 Å². The maximum Gasteiger partial charge on any atom is 0.296 e. The second-order valence-electron chi connectivity index (χ2n) is 7.14. The SMILES string of the molecule is COc1ccc(F)cc1/C(O)=C1\C(=O)C(=O)N(Cc2ccccn2)C1c1ccc(Cl)cc1. The van der Waals surface area contributed by atoms with E-state index in [2.05, 4.69) is 4.98 Å². The van der Waals surface area contributed by atoms with Gasteiger partial charge >= 0.3 is 0 Å². The number of nitrogens with zero attached hydrogens (tertiary/aromatic N) is 2. The number of methoxy groups -OCH3 is 1. The Morgan fingerprint density at radius 2 is 1.91 bits per heavy atom. The number of hydrogen-bond acceptors (Lipinski definition) is 5. The van der Waals surface area contributed by atoms with Gasteiger partial charge in [-0.3, -0.25) is 14.6 Å². The average Bonchev–Trinajstić information content (AvgIpc) is 3.04. The number of aliphatic hydroxyl groups excluding tert-OH is 1. The highest BCUT2D eigenvalue weighted by molar-refractivity contribution is 6.46. The fourth-order valence-electron chi connectivity index (χ4n) is 3.71. The van der Waals surface area contributed by atoms with Gasteiger partial charge in [-0.2, -0.15) is 0 Å². The quantitative estimate of drug-likeness (QED) is 0.350. The van der Waals surface area contributed by atoms with Crippen LogP contribution in [0.25, 0.3) is 5.76 Å². The Balaban J connectivity index is 1.91. The molecule has 162 valence electrons. The van der Waals surface area contributed by atoms with Gasteiger partial charge in [0.05, 0.1) is 36.5 Å². The predicted molar refractivity (Wildman–Crippen MR) is 116 cm³/mol. The minimum atomic E-state index is -0.928. The van der Waals surface area contributed by atoms with Crippen molar-refractivity contribution in [2.24, 2.45) is 0 Å². The normalized spacial score (nSPS) is 17.6. The summed E-state index contributed by atoms with van der Waals surface area (Å²) in [6, 6.07) is 14.5. The van der Waals surface area contributed by atoms with Gasteiger partial charge in [0, 0.05) is 11.2 Å². The number of amides is 1. The Kier molecular flexibility index (Phi) is 5.92. The molecule has 2 heterocycles. The van der Waals surface area contributed by atoms with Crippen LogP contribution in [0.5, 0.6) is 5.75 Å². The van der Waals surface area contributed by atoms with E-state index in [1.54, 1.807) is 48.7 Å². The van der Waals surface area contributed by atoms with Gasteiger partial charge in [0.2, 0.25) is 0 Å². The first kappa shape index (κ1) is 21.5. The van der Waals surface area contributed by atoms with Crippen molar-refractivity contribution >= 4 is 29.1 Å². The predicted octanol–water partition coefficient (Wildman–Crippen LogP) is 4.50. The molecule has 1 saturated heterocycles. The van der Waals surface area contributed by atoms with E-state index in [0.29, 0.717) is 16.3 Å². The van der Waals surface area contributed by atoms with E-state index in [1.165, 1.54) is 24.1 Å². The van der Waals surface area contributed by atoms with Crippen LogP contribution in [0.3, 0.4) is 0 Å². The summed E-state index contributed by atoms with van der Waals surface area (Å²) in [6.45, 7) is 0.0375. The molecule has 4 rings (SSSR count). The highest BCUT2D eigenvalue weighted by atomic mass is 35.5. The molecule has 2 aromatic carbocycles. The summed E-state index contributed by atoms with van der Waals surface area (Å²) in [7, 11) is 1.36. The number of ketones is 1. The summed E-state index contributed by atoms with van der Waals surface area (Å²) in [5, 5.41) is 11.6. The van der Waals surface area contributed by atoms with Crippen molar-refractivity contribution in [3.05, 3.63) is 100 Å². The molecular weight excluding hydrogens is 435 g/mol. The zero-order valence-electron chi connectivity index (χ0n) is 17.0. The average molecular weight is 453 g/mol. The zero-order chi connectivity index (χ0) is 22.8. The number of likely N-dealkylation sites (tertiary alicyclic amines) is 1. The first-order valence-electron chi connectivity index (χ1n) is 9.68. The van der Waals surface area contributed by atoms with Crippen LogP contribution in [0.1, 0.15) is 22.9 Å². The third-order valence-corrected chi connectivity index (χ3v) is 5.45. The highest BCUT2D eigenvalue weighted by Crippen LogP contribution is 2.41. The fourth-order valence-corrected chi connectivity index (χ4v) is 3.84. The standard InChI is InChI=1S/C24H18ClFN2O4/c1-32-19-10-9-16(26)12-18(19)22(29)20-21(14-5-7-15(25)8-6-14)28(24(31)23(20)30)13-17-4-2-3-11-27-17/h2-12,21,29H,13H2,1H3/b22-20+. The third kappa shape index (κ3) is 3.94. The molecule has 0 spiro atoms. The van der Waals surface area contributed by atoms with Crippen LogP contribution >= 0.6 is 11.6 Å². The van der Waals surface area contributed by atoms with Gasteiger partial charge in [0.1, 0.15) is 17.3 Å². The molecule has 1 aliphatic rings. The summed E-state index contributed by atoms with van der Waals surface area (Å²) < 4.78 is 19.2. The van der Waals surface area contributed by atoms with Crippen LogP contribution in [0.2, 0.25) is 5.02 Å². The van der Waals surface area contributed by atoms with E-state index in [-0.39, 0.29) is 23.4 Å². The van der Waals surface area contributed by atoms with E-state index < -0.39 is 29.3 Å². The molecule has 1 N–H and O–H groups in total. The highest BCUT2D eigenvalue weighted by Gasteiger charge is 2.46. The van der Waals surface area contributed by atoms with Crippen LogP contribution in [0.4, 0.5) is 4.39 Å². The molecule has 3 aromatic rings. The lowest BCUT2D eigenvalue weighted by Crippen LogP contribution is -2.29. The first-order valence-corrected chi connectivity index (χ1v) is 10.1. The molecule has 1 fully saturated rings. The minimum Gasteiger partial charge on any atom is -0.507 e. The van der Waals surface area contributed by atoms with E-state index in [0.717, 1.165) is 6.07 Å². The molecule has 6 nitrogen and oxygen atoms in total. The van der Waals surface area contributed by atoms with Crippen molar-refractivity contribution in [2.75, 3.05) is 7.11 Å². The minimum absolute atomic E-state index is 0.0256. The molecule has 32 heavy (non-hydrogen) atoms. The van der Waals surface area contributed by atoms with E-state index in [4.69, 9.17) is 16.3 Å². The molecule has 1 aliphatic heterocycles. The molecular formula is C24H18ClFN2O4. The Morgan fingerprint density at radius 3 is 2.56 bits per heavy atom. The number of rotatable bonds is 5. The molecule has 1 unspecified atom stereocenters. The number of aromatic nitrogens is 1. The van der Waals surface area contributed by atoms with Crippen LogP contribution in [0, 0.1) is 5.82 Å². The molecule has 0 saturated carbocycles. The molecule has 1 atom stereocenters. The summed E-state index contributed by atoms with van der Waals surface area (Å²) in [6.07, 6.45) is 1.58. The van der Waals surface area contributed by atoms with E-state index in [9.17, 15) is 19.1 Å². The molecule has 1 aromatic heterocycles. The fraction of sp³-hybridized carbons (Fsp3) is 0.125. The van der Waals surface area contributed by atoms with Gasteiger partial charge in [0.25, 0.3) is 11.7 Å². The van der Waals surface area contributed by atoms with Crippen LogP contribution in [0.15, 0.2) is 72.4 Å². The Labute approximate surface area is 188 Å². The van der Waals surface area contributed by atoms with Crippen LogP contribution in [-0.2, 0) is 16.1 Å². The van der Waals surface area contributed by atoms with Gasteiger partial charge in [-0.25, -0.2) is 4.39 Å². The third-order valence-electron chi connectivity index (χ3n) is 5.20. The van der Waals surface area contributed by atoms with Gasteiger partial charge in [-0.1, -0.05) is 29.8 Å². The van der Waals surface area contributed by atoms with Gasteiger partial charge < -0.3 is 14.7 Å². The molecule has 0 aliphatic carbocycles. The Hall–Kier alpha value is -3.71. The lowest BCUT2D eigenvalue weighted by atomic mass is 9.95. The number of pyridine rings is 1. The smallest absolute Gasteiger partial charge is 0.296 e. The largest absolute Gasteiger partial charge is 0.507 e. The number of aliphatic hydroxyl groups is 1. The Morgan fingerprint density at radius 1 is 1.16 bits per heavy atom. The summed E-state index contributed by atoms with van der Waals surface area (Å²) in [4.78, 5) is 31.6. The van der Waals surface area contributed by atoms with Crippen molar-refractivity contribution in [3.8, 4) is 5.75 Å². The summed E-state index contributed by atoms with van der Waals surface area (Å²) in [5.74, 6) is -2.67. The van der Waals surface area contributed by atoms with E-state index in [1.807, 2.05) is 0 Å². The van der Waals surface area contributed by atoms with Crippen molar-refractivity contribution < 1.29 is 23.8 Å². The lowest BCUT2D eigenvalue weighted by molar-refractivity contribution is -0.140. The monoisotopic (exact) mass is 452 g/mol. The molecule has 0 bridgehead atoms. The number of halogens is 2. The van der Waals surface area contributed by atoms with Crippen molar-refractivity contribution in [3.63, 3.8) is 0 Å². The lowest BCUT2D eigenvalue weighted by Gasteiger charge is -2.25. The van der Waals surface area contributed by atoms with Crippen molar-refractivity contribution in [1.29, 1.82) is 0 Å².